The third-order valence-electron chi connectivity index (χ3n) is 4.46. The van der Waals surface area contributed by atoms with Crippen molar-refractivity contribution in [3.05, 3.63) is 35.4 Å². The molecule has 0 aliphatic carbocycles. The van der Waals surface area contributed by atoms with E-state index in [1.54, 1.807) is 0 Å². The summed E-state index contributed by atoms with van der Waals surface area (Å²) in [5, 5.41) is 9.22. The number of benzene rings is 1. The van der Waals surface area contributed by atoms with Crippen molar-refractivity contribution in [2.24, 2.45) is 5.92 Å². The molecule has 1 aromatic rings. The molecule has 3 atom stereocenters. The summed E-state index contributed by atoms with van der Waals surface area (Å²) in [6, 6.07) is 7.50. The first-order valence-corrected chi connectivity index (χ1v) is 6.70. The second kappa shape index (κ2) is 4.37. The molecule has 0 aromatic heterocycles. The Bertz CT molecular complexity index is 540. The highest BCUT2D eigenvalue weighted by atomic mass is 16.4. The molecule has 2 aliphatic rings. The van der Waals surface area contributed by atoms with Crippen LogP contribution in [0.4, 0.5) is 0 Å². The average Bonchev–Trinajstić information content (AvgIpc) is 2.96. The highest BCUT2D eigenvalue weighted by Crippen LogP contribution is 2.42. The predicted octanol–water partition coefficient (Wildman–Crippen LogP) is 2.07. The van der Waals surface area contributed by atoms with Crippen LogP contribution in [0.5, 0.6) is 0 Å². The van der Waals surface area contributed by atoms with Crippen molar-refractivity contribution in [3.8, 4) is 0 Å². The lowest BCUT2D eigenvalue weighted by Crippen LogP contribution is -2.38. The molecule has 0 radical (unpaired) electrons. The first-order chi connectivity index (χ1) is 9.09. The van der Waals surface area contributed by atoms with Gasteiger partial charge in [-0.15, -0.1) is 0 Å². The van der Waals surface area contributed by atoms with Gasteiger partial charge in [0.05, 0.1) is 5.92 Å². The molecular formula is C15H17NO3. The standard InChI is InChI=1S/C15H17NO3/c1-9-4-2-3-5-11(9)14(17)16-10-6-7-13(16)12(8-10)15(18)19/h2-5,10,12-13H,6-8H2,1H3,(H,18,19). The van der Waals surface area contributed by atoms with Crippen LogP contribution in [-0.2, 0) is 4.79 Å². The topological polar surface area (TPSA) is 57.6 Å². The SMILES string of the molecule is Cc1ccccc1C(=O)N1C2CCC1C(C(=O)O)C2. The minimum Gasteiger partial charge on any atom is -0.481 e. The van der Waals surface area contributed by atoms with E-state index in [1.165, 1.54) is 0 Å². The van der Waals surface area contributed by atoms with E-state index in [-0.39, 0.29) is 23.9 Å². The van der Waals surface area contributed by atoms with E-state index in [2.05, 4.69) is 0 Å². The van der Waals surface area contributed by atoms with Crippen molar-refractivity contribution in [2.45, 2.75) is 38.3 Å². The maximum Gasteiger partial charge on any atom is 0.308 e. The smallest absolute Gasteiger partial charge is 0.308 e. The number of carbonyl (C=O) groups is 2. The summed E-state index contributed by atoms with van der Waals surface area (Å²) >= 11 is 0. The third-order valence-corrected chi connectivity index (χ3v) is 4.46. The number of rotatable bonds is 2. The Balaban J connectivity index is 1.90. The number of carboxylic acid groups (broad SMARTS) is 1. The van der Waals surface area contributed by atoms with Crippen LogP contribution in [0.15, 0.2) is 24.3 Å². The molecular weight excluding hydrogens is 242 g/mol. The van der Waals surface area contributed by atoms with E-state index in [0.29, 0.717) is 12.0 Å². The minimum atomic E-state index is -0.769. The van der Waals surface area contributed by atoms with Gasteiger partial charge in [0.2, 0.25) is 0 Å². The number of nitrogens with zero attached hydrogens (tertiary/aromatic N) is 1. The zero-order valence-corrected chi connectivity index (χ0v) is 10.9. The summed E-state index contributed by atoms with van der Waals surface area (Å²) in [5.41, 5.74) is 1.65. The average molecular weight is 259 g/mol. The summed E-state index contributed by atoms with van der Waals surface area (Å²) in [6.45, 7) is 1.92. The fraction of sp³-hybridized carbons (Fsp3) is 0.467. The first-order valence-electron chi connectivity index (χ1n) is 6.70. The van der Waals surface area contributed by atoms with E-state index in [1.807, 2.05) is 36.1 Å². The van der Waals surface area contributed by atoms with Gasteiger partial charge in [-0.05, 0) is 37.8 Å². The quantitative estimate of drug-likeness (QED) is 0.884. The summed E-state index contributed by atoms with van der Waals surface area (Å²) < 4.78 is 0. The highest BCUT2D eigenvalue weighted by molar-refractivity contribution is 5.97. The van der Waals surface area contributed by atoms with Crippen LogP contribution in [0.3, 0.4) is 0 Å². The lowest BCUT2D eigenvalue weighted by Gasteiger charge is -2.23. The number of aryl methyl sites for hydroxylation is 1. The minimum absolute atomic E-state index is 0.00523. The number of amides is 1. The summed E-state index contributed by atoms with van der Waals surface area (Å²) in [4.78, 5) is 25.7. The van der Waals surface area contributed by atoms with Crippen LogP contribution >= 0.6 is 0 Å². The molecule has 1 aromatic carbocycles. The lowest BCUT2D eigenvalue weighted by atomic mass is 9.89. The summed E-state index contributed by atoms with van der Waals surface area (Å²) in [6.07, 6.45) is 2.36. The fourth-order valence-corrected chi connectivity index (χ4v) is 3.52. The van der Waals surface area contributed by atoms with Gasteiger partial charge in [0, 0.05) is 17.6 Å². The van der Waals surface area contributed by atoms with Gasteiger partial charge in [-0.2, -0.15) is 0 Å². The van der Waals surface area contributed by atoms with Crippen LogP contribution in [-0.4, -0.2) is 34.0 Å². The molecule has 2 heterocycles. The Morgan fingerprint density at radius 2 is 2.00 bits per heavy atom. The number of hydrogen-bond acceptors (Lipinski definition) is 2. The van der Waals surface area contributed by atoms with Crippen molar-refractivity contribution in [2.75, 3.05) is 0 Å². The molecule has 2 bridgehead atoms. The molecule has 0 spiro atoms. The van der Waals surface area contributed by atoms with Gasteiger partial charge in [-0.1, -0.05) is 18.2 Å². The van der Waals surface area contributed by atoms with Gasteiger partial charge in [-0.3, -0.25) is 9.59 Å². The van der Waals surface area contributed by atoms with E-state index >= 15 is 0 Å². The molecule has 4 nitrogen and oxygen atoms in total. The number of carboxylic acids is 1. The lowest BCUT2D eigenvalue weighted by molar-refractivity contribution is -0.142. The van der Waals surface area contributed by atoms with Crippen LogP contribution in [0, 0.1) is 12.8 Å². The Morgan fingerprint density at radius 1 is 1.26 bits per heavy atom. The molecule has 3 unspecified atom stereocenters. The van der Waals surface area contributed by atoms with Gasteiger partial charge >= 0.3 is 5.97 Å². The Morgan fingerprint density at radius 3 is 2.63 bits per heavy atom. The molecule has 3 rings (SSSR count). The molecule has 1 N–H and O–H groups in total. The van der Waals surface area contributed by atoms with Crippen LogP contribution in [0.1, 0.15) is 35.2 Å². The molecule has 2 saturated heterocycles. The van der Waals surface area contributed by atoms with Gasteiger partial charge in [0.1, 0.15) is 0 Å². The van der Waals surface area contributed by atoms with E-state index in [4.69, 9.17) is 0 Å². The van der Waals surface area contributed by atoms with Gasteiger partial charge in [0.25, 0.3) is 5.91 Å². The van der Waals surface area contributed by atoms with Gasteiger partial charge in [0.15, 0.2) is 0 Å². The second-order valence-corrected chi connectivity index (χ2v) is 5.51. The van der Waals surface area contributed by atoms with Gasteiger partial charge in [-0.25, -0.2) is 0 Å². The largest absolute Gasteiger partial charge is 0.481 e. The Hall–Kier alpha value is -1.84. The number of fused-ring (bicyclic) bond motifs is 2. The Kier molecular flexibility index (Phi) is 2.81. The molecule has 2 aliphatic heterocycles. The number of hydrogen-bond donors (Lipinski definition) is 1. The van der Waals surface area contributed by atoms with Gasteiger partial charge < -0.3 is 10.0 Å². The van der Waals surface area contributed by atoms with Crippen molar-refractivity contribution < 1.29 is 14.7 Å². The zero-order valence-electron chi connectivity index (χ0n) is 10.9. The maximum atomic E-state index is 12.6. The predicted molar refractivity (Wildman–Crippen MR) is 69.9 cm³/mol. The molecule has 4 heteroatoms. The monoisotopic (exact) mass is 259 g/mol. The van der Waals surface area contributed by atoms with Crippen molar-refractivity contribution in [1.29, 1.82) is 0 Å². The van der Waals surface area contributed by atoms with Crippen LogP contribution in [0.25, 0.3) is 0 Å². The molecule has 100 valence electrons. The fourth-order valence-electron chi connectivity index (χ4n) is 3.52. The summed E-state index contributed by atoms with van der Waals surface area (Å²) in [7, 11) is 0. The van der Waals surface area contributed by atoms with E-state index < -0.39 is 5.97 Å². The Labute approximate surface area is 112 Å². The third kappa shape index (κ3) is 1.82. The van der Waals surface area contributed by atoms with Crippen LogP contribution in [0.2, 0.25) is 0 Å². The highest BCUT2D eigenvalue weighted by Gasteiger charge is 2.51. The van der Waals surface area contributed by atoms with Crippen molar-refractivity contribution in [3.63, 3.8) is 0 Å². The molecule has 2 fully saturated rings. The molecule has 1 amide bonds. The number of carbonyl (C=O) groups excluding carboxylic acids is 1. The van der Waals surface area contributed by atoms with E-state index in [0.717, 1.165) is 18.4 Å². The van der Waals surface area contributed by atoms with Crippen molar-refractivity contribution >= 4 is 11.9 Å². The zero-order chi connectivity index (χ0) is 13.6. The first kappa shape index (κ1) is 12.2. The van der Waals surface area contributed by atoms with E-state index in [9.17, 15) is 14.7 Å². The van der Waals surface area contributed by atoms with Crippen molar-refractivity contribution in [1.82, 2.24) is 4.90 Å². The number of aliphatic carboxylic acids is 1. The maximum absolute atomic E-state index is 12.6. The molecule has 0 saturated carbocycles. The molecule has 19 heavy (non-hydrogen) atoms. The normalized spacial score (nSPS) is 28.7. The second-order valence-electron chi connectivity index (χ2n) is 5.51. The van der Waals surface area contributed by atoms with Crippen LogP contribution < -0.4 is 0 Å². The summed E-state index contributed by atoms with van der Waals surface area (Å²) in [5.74, 6) is -1.16.